The third-order valence-corrected chi connectivity index (χ3v) is 4.54. The number of halogens is 2. The molecule has 1 saturated heterocycles. The first-order chi connectivity index (χ1) is 11.4. The van der Waals surface area contributed by atoms with Gasteiger partial charge in [-0.05, 0) is 32.2 Å². The topological polar surface area (TPSA) is 61.9 Å². The quantitative estimate of drug-likeness (QED) is 0.858. The molecule has 0 spiro atoms. The second-order valence-electron chi connectivity index (χ2n) is 5.70. The number of hydrogen-bond donors (Lipinski definition) is 1. The number of nitrogens with zero attached hydrogens (tertiary/aromatic N) is 2. The lowest BCUT2D eigenvalue weighted by atomic mass is 10.2. The lowest BCUT2D eigenvalue weighted by molar-refractivity contribution is -0.137. The molecule has 1 aromatic carbocycles. The predicted molar refractivity (Wildman–Crippen MR) is 94.6 cm³/mol. The average molecular weight is 374 g/mol. The SMILES string of the molecule is C[C@@H](C(=O)Nc1cc(Cl)ccc1Cl)N(C)CC(=O)N1CCOCC1. The van der Waals surface area contributed by atoms with Gasteiger partial charge in [0, 0.05) is 18.1 Å². The Kier molecular flexibility index (Phi) is 6.86. The standard InChI is InChI=1S/C16H21Cl2N3O3/c1-11(16(23)19-14-9-12(17)3-4-13(14)18)20(2)10-15(22)21-5-7-24-8-6-21/h3-4,9,11H,5-8,10H2,1-2H3,(H,19,23)/t11-/m0/s1. The number of ether oxygens (including phenoxy) is 1. The maximum Gasteiger partial charge on any atom is 0.241 e. The van der Waals surface area contributed by atoms with Crippen molar-refractivity contribution in [3.8, 4) is 0 Å². The molecule has 0 saturated carbocycles. The maximum absolute atomic E-state index is 12.4. The van der Waals surface area contributed by atoms with Gasteiger partial charge in [-0.3, -0.25) is 14.5 Å². The molecule has 1 heterocycles. The molecule has 0 unspecified atom stereocenters. The summed E-state index contributed by atoms with van der Waals surface area (Å²) in [6.07, 6.45) is 0. The minimum absolute atomic E-state index is 0.0127. The fraction of sp³-hybridized carbons (Fsp3) is 0.500. The van der Waals surface area contributed by atoms with Gasteiger partial charge in [0.15, 0.2) is 0 Å². The first-order valence-electron chi connectivity index (χ1n) is 7.70. The number of anilines is 1. The third kappa shape index (κ3) is 5.08. The smallest absolute Gasteiger partial charge is 0.241 e. The number of amides is 2. The van der Waals surface area contributed by atoms with Crippen LogP contribution >= 0.6 is 23.2 Å². The van der Waals surface area contributed by atoms with Crippen molar-refractivity contribution in [2.24, 2.45) is 0 Å². The van der Waals surface area contributed by atoms with Crippen molar-refractivity contribution in [2.75, 3.05) is 45.2 Å². The highest BCUT2D eigenvalue weighted by Gasteiger charge is 2.24. The van der Waals surface area contributed by atoms with Crippen molar-refractivity contribution in [3.05, 3.63) is 28.2 Å². The summed E-state index contributed by atoms with van der Waals surface area (Å²) in [4.78, 5) is 28.1. The number of rotatable bonds is 5. The molecule has 1 aliphatic rings. The zero-order valence-electron chi connectivity index (χ0n) is 13.7. The number of morpholine rings is 1. The van der Waals surface area contributed by atoms with Crippen molar-refractivity contribution < 1.29 is 14.3 Å². The molecule has 132 valence electrons. The van der Waals surface area contributed by atoms with Gasteiger partial charge >= 0.3 is 0 Å². The van der Waals surface area contributed by atoms with Gasteiger partial charge in [-0.1, -0.05) is 23.2 Å². The highest BCUT2D eigenvalue weighted by molar-refractivity contribution is 6.35. The number of nitrogens with one attached hydrogen (secondary N) is 1. The van der Waals surface area contributed by atoms with Crippen LogP contribution in [-0.4, -0.2) is 67.6 Å². The van der Waals surface area contributed by atoms with Crippen LogP contribution in [0.1, 0.15) is 6.92 Å². The summed E-state index contributed by atoms with van der Waals surface area (Å²) in [5.41, 5.74) is 0.453. The number of likely N-dealkylation sites (N-methyl/N-ethyl adjacent to an activating group) is 1. The molecule has 1 atom stereocenters. The summed E-state index contributed by atoms with van der Waals surface area (Å²) >= 11 is 12.0. The summed E-state index contributed by atoms with van der Waals surface area (Å²) in [6, 6.07) is 4.37. The van der Waals surface area contributed by atoms with Crippen LogP contribution in [0, 0.1) is 0 Å². The van der Waals surface area contributed by atoms with Crippen molar-refractivity contribution >= 4 is 40.7 Å². The maximum atomic E-state index is 12.4. The Morgan fingerprint density at radius 3 is 2.67 bits per heavy atom. The molecular weight excluding hydrogens is 353 g/mol. The fourth-order valence-corrected chi connectivity index (χ4v) is 2.63. The van der Waals surface area contributed by atoms with Crippen molar-refractivity contribution in [1.29, 1.82) is 0 Å². The fourth-order valence-electron chi connectivity index (χ4n) is 2.29. The molecule has 2 rings (SSSR count). The Morgan fingerprint density at radius 1 is 1.33 bits per heavy atom. The second kappa shape index (κ2) is 8.67. The number of benzene rings is 1. The third-order valence-electron chi connectivity index (χ3n) is 3.98. The molecule has 0 aliphatic carbocycles. The summed E-state index contributed by atoms with van der Waals surface area (Å²) in [5.74, 6) is -0.266. The number of carbonyl (C=O) groups is 2. The molecule has 0 aromatic heterocycles. The highest BCUT2D eigenvalue weighted by atomic mass is 35.5. The van der Waals surface area contributed by atoms with E-state index in [1.165, 1.54) is 0 Å². The van der Waals surface area contributed by atoms with E-state index in [-0.39, 0.29) is 18.4 Å². The summed E-state index contributed by atoms with van der Waals surface area (Å²) in [6.45, 7) is 4.19. The van der Waals surface area contributed by atoms with Gasteiger partial charge in [0.2, 0.25) is 11.8 Å². The molecule has 0 radical (unpaired) electrons. The van der Waals surface area contributed by atoms with E-state index in [1.807, 2.05) is 0 Å². The van der Waals surface area contributed by atoms with Gasteiger partial charge in [-0.15, -0.1) is 0 Å². The minimum atomic E-state index is -0.495. The number of carbonyl (C=O) groups excluding carboxylic acids is 2. The normalized spacial score (nSPS) is 16.1. The van der Waals surface area contributed by atoms with E-state index < -0.39 is 6.04 Å². The molecule has 24 heavy (non-hydrogen) atoms. The lowest BCUT2D eigenvalue weighted by Gasteiger charge is -2.30. The average Bonchev–Trinajstić information content (AvgIpc) is 2.58. The summed E-state index contributed by atoms with van der Waals surface area (Å²) < 4.78 is 5.23. The monoisotopic (exact) mass is 373 g/mol. The van der Waals surface area contributed by atoms with E-state index in [2.05, 4.69) is 5.32 Å². The molecule has 0 bridgehead atoms. The van der Waals surface area contributed by atoms with E-state index in [1.54, 1.807) is 42.0 Å². The Morgan fingerprint density at radius 2 is 2.00 bits per heavy atom. The summed E-state index contributed by atoms with van der Waals surface area (Å²) in [7, 11) is 1.74. The van der Waals surface area contributed by atoms with Crippen molar-refractivity contribution in [2.45, 2.75) is 13.0 Å². The zero-order valence-corrected chi connectivity index (χ0v) is 15.2. The van der Waals surface area contributed by atoms with Crippen LogP contribution < -0.4 is 5.32 Å². The van der Waals surface area contributed by atoms with E-state index in [9.17, 15) is 9.59 Å². The molecular formula is C16H21Cl2N3O3. The van der Waals surface area contributed by atoms with Gasteiger partial charge in [-0.25, -0.2) is 0 Å². The number of hydrogen-bond acceptors (Lipinski definition) is 4. The van der Waals surface area contributed by atoms with Gasteiger partial charge in [-0.2, -0.15) is 0 Å². The molecule has 6 nitrogen and oxygen atoms in total. The first-order valence-corrected chi connectivity index (χ1v) is 8.45. The largest absolute Gasteiger partial charge is 0.378 e. The molecule has 1 N–H and O–H groups in total. The van der Waals surface area contributed by atoms with Gasteiger partial charge < -0.3 is 15.0 Å². The van der Waals surface area contributed by atoms with Gasteiger partial charge in [0.25, 0.3) is 0 Å². The van der Waals surface area contributed by atoms with E-state index in [4.69, 9.17) is 27.9 Å². The van der Waals surface area contributed by atoms with E-state index in [0.717, 1.165) is 0 Å². The summed E-state index contributed by atoms with van der Waals surface area (Å²) in [5, 5.41) is 3.64. The Balaban J connectivity index is 1.91. The minimum Gasteiger partial charge on any atom is -0.378 e. The van der Waals surface area contributed by atoms with Crippen molar-refractivity contribution in [1.82, 2.24) is 9.80 Å². The lowest BCUT2D eigenvalue weighted by Crippen LogP contribution is -2.48. The molecule has 2 amide bonds. The van der Waals surface area contributed by atoms with Crippen LogP contribution in [0.3, 0.4) is 0 Å². The second-order valence-corrected chi connectivity index (χ2v) is 6.54. The molecule has 1 fully saturated rings. The van der Waals surface area contributed by atoms with Crippen molar-refractivity contribution in [3.63, 3.8) is 0 Å². The molecule has 1 aromatic rings. The Bertz CT molecular complexity index is 606. The predicted octanol–water partition coefficient (Wildman–Crippen LogP) is 2.11. The van der Waals surface area contributed by atoms with Crippen LogP contribution in [0.5, 0.6) is 0 Å². The Hall–Kier alpha value is -1.34. The first kappa shape index (κ1) is 19.0. The highest BCUT2D eigenvalue weighted by Crippen LogP contribution is 2.25. The van der Waals surface area contributed by atoms with E-state index in [0.29, 0.717) is 42.0 Å². The Labute approximate surface area is 151 Å². The molecule has 8 heteroatoms. The molecule has 1 aliphatic heterocycles. The van der Waals surface area contributed by atoms with E-state index >= 15 is 0 Å². The van der Waals surface area contributed by atoms with Gasteiger partial charge in [0.05, 0.1) is 36.5 Å². The van der Waals surface area contributed by atoms with Crippen LogP contribution in [0.2, 0.25) is 10.0 Å². The van der Waals surface area contributed by atoms with Crippen LogP contribution in [-0.2, 0) is 14.3 Å². The van der Waals surface area contributed by atoms with Crippen LogP contribution in [0.25, 0.3) is 0 Å². The van der Waals surface area contributed by atoms with Crippen LogP contribution in [0.15, 0.2) is 18.2 Å². The van der Waals surface area contributed by atoms with Crippen LogP contribution in [0.4, 0.5) is 5.69 Å². The van der Waals surface area contributed by atoms with Gasteiger partial charge in [0.1, 0.15) is 0 Å². The zero-order chi connectivity index (χ0) is 17.7.